The van der Waals surface area contributed by atoms with Crippen LogP contribution < -0.4 is 20.1 Å². The van der Waals surface area contributed by atoms with Crippen LogP contribution in [0.5, 0.6) is 11.5 Å². The van der Waals surface area contributed by atoms with Crippen LogP contribution in [0.3, 0.4) is 0 Å². The van der Waals surface area contributed by atoms with Crippen LogP contribution in [0.2, 0.25) is 0 Å². The minimum atomic E-state index is -0.127. The summed E-state index contributed by atoms with van der Waals surface area (Å²) < 4.78 is 10.7. The molecule has 3 heterocycles. The maximum absolute atomic E-state index is 12.3. The molecule has 1 saturated heterocycles. The molecule has 2 aromatic rings. The number of ether oxygens (including phenoxy) is 2. The van der Waals surface area contributed by atoms with E-state index in [2.05, 4.69) is 20.5 Å². The number of piperazine rings is 1. The van der Waals surface area contributed by atoms with E-state index >= 15 is 0 Å². The van der Waals surface area contributed by atoms with E-state index in [0.717, 1.165) is 54.8 Å². The number of carbonyl (C=O) groups excluding carboxylic acids is 1. The number of halogens is 2. The summed E-state index contributed by atoms with van der Waals surface area (Å²) in [4.78, 5) is 19.1. The molecule has 1 aromatic carbocycles. The van der Waals surface area contributed by atoms with Gasteiger partial charge >= 0.3 is 0 Å². The predicted molar refractivity (Wildman–Crippen MR) is 110 cm³/mol. The zero-order chi connectivity index (χ0) is 17.1. The molecule has 4 rings (SSSR count). The second-order valence-electron chi connectivity index (χ2n) is 5.95. The highest BCUT2D eigenvalue weighted by Gasteiger charge is 2.17. The molecular formula is C17H22Cl2N4O3S. The molecule has 1 aromatic heterocycles. The first-order valence-electron chi connectivity index (χ1n) is 8.36. The second kappa shape index (κ2) is 10.1. The summed E-state index contributed by atoms with van der Waals surface area (Å²) in [6, 6.07) is 5.69. The molecule has 27 heavy (non-hydrogen) atoms. The van der Waals surface area contributed by atoms with E-state index in [1.807, 2.05) is 18.2 Å². The molecule has 0 bridgehead atoms. The molecule has 1 fully saturated rings. The standard InChI is InChI=1S/C17H20N4O3S.2ClH/c22-16(19-5-8-21-6-3-18-4-7-21)13-10-25-17(20-13)12-1-2-14-15(9-12)24-11-23-14;;/h1-2,9-10,18H,3-8,11H2,(H,19,22);2*1H. The van der Waals surface area contributed by atoms with Gasteiger partial charge in [0, 0.05) is 50.2 Å². The van der Waals surface area contributed by atoms with Crippen molar-refractivity contribution in [2.75, 3.05) is 46.1 Å². The van der Waals surface area contributed by atoms with Crippen LogP contribution in [-0.2, 0) is 0 Å². The first kappa shape index (κ1) is 21.7. The number of nitrogens with one attached hydrogen (secondary N) is 2. The number of nitrogens with zero attached hydrogens (tertiary/aromatic N) is 2. The van der Waals surface area contributed by atoms with E-state index in [4.69, 9.17) is 9.47 Å². The lowest BCUT2D eigenvalue weighted by Gasteiger charge is -2.26. The molecule has 0 atom stereocenters. The van der Waals surface area contributed by atoms with Gasteiger partial charge in [0.2, 0.25) is 6.79 Å². The summed E-state index contributed by atoms with van der Waals surface area (Å²) in [5.41, 5.74) is 1.38. The van der Waals surface area contributed by atoms with Crippen LogP contribution in [0.1, 0.15) is 10.5 Å². The Hall–Kier alpha value is -1.58. The average molecular weight is 433 g/mol. The van der Waals surface area contributed by atoms with Crippen molar-refractivity contribution < 1.29 is 14.3 Å². The van der Waals surface area contributed by atoms with Crippen molar-refractivity contribution in [1.29, 1.82) is 0 Å². The summed E-state index contributed by atoms with van der Waals surface area (Å²) >= 11 is 1.45. The predicted octanol–water partition coefficient (Wildman–Crippen LogP) is 2.02. The Labute approximate surface area is 174 Å². The first-order chi connectivity index (χ1) is 12.3. The van der Waals surface area contributed by atoms with E-state index in [1.165, 1.54) is 11.3 Å². The van der Waals surface area contributed by atoms with Gasteiger partial charge in [-0.3, -0.25) is 9.69 Å². The fourth-order valence-electron chi connectivity index (χ4n) is 2.89. The van der Waals surface area contributed by atoms with E-state index in [9.17, 15) is 4.79 Å². The molecule has 1 amide bonds. The molecule has 148 valence electrons. The van der Waals surface area contributed by atoms with Crippen LogP contribution in [-0.4, -0.2) is 61.9 Å². The van der Waals surface area contributed by atoms with Gasteiger partial charge in [0.25, 0.3) is 5.91 Å². The Kier molecular flexibility index (Phi) is 8.12. The SMILES string of the molecule is Cl.Cl.O=C(NCCN1CCNCC1)c1csc(-c2ccc3c(c2)OCO3)n1. The highest BCUT2D eigenvalue weighted by molar-refractivity contribution is 7.13. The molecule has 0 unspecified atom stereocenters. The smallest absolute Gasteiger partial charge is 0.270 e. The van der Waals surface area contributed by atoms with E-state index < -0.39 is 0 Å². The van der Waals surface area contributed by atoms with Gasteiger partial charge < -0.3 is 20.1 Å². The van der Waals surface area contributed by atoms with Crippen molar-refractivity contribution >= 4 is 42.1 Å². The monoisotopic (exact) mass is 432 g/mol. The molecule has 0 radical (unpaired) electrons. The summed E-state index contributed by atoms with van der Waals surface area (Å²) in [6.07, 6.45) is 0. The average Bonchev–Trinajstić information content (AvgIpc) is 3.31. The lowest BCUT2D eigenvalue weighted by atomic mass is 10.2. The van der Waals surface area contributed by atoms with Crippen molar-refractivity contribution in [3.8, 4) is 22.1 Å². The second-order valence-corrected chi connectivity index (χ2v) is 6.81. The van der Waals surface area contributed by atoms with Crippen molar-refractivity contribution in [2.45, 2.75) is 0 Å². The van der Waals surface area contributed by atoms with Crippen LogP contribution in [0.15, 0.2) is 23.6 Å². The number of rotatable bonds is 5. The summed E-state index contributed by atoms with van der Waals surface area (Å²) in [6.45, 7) is 5.83. The van der Waals surface area contributed by atoms with Gasteiger partial charge in [-0.15, -0.1) is 36.2 Å². The Balaban J connectivity index is 0.00000131. The summed E-state index contributed by atoms with van der Waals surface area (Å²) in [7, 11) is 0. The minimum absolute atomic E-state index is 0. The number of benzene rings is 1. The number of aromatic nitrogens is 1. The normalized spacial score (nSPS) is 15.6. The van der Waals surface area contributed by atoms with Crippen LogP contribution in [0.25, 0.3) is 10.6 Å². The molecule has 0 saturated carbocycles. The number of thiazole rings is 1. The molecular weight excluding hydrogens is 411 g/mol. The lowest BCUT2D eigenvalue weighted by Crippen LogP contribution is -2.46. The molecule has 10 heteroatoms. The fourth-order valence-corrected chi connectivity index (χ4v) is 3.69. The van der Waals surface area contributed by atoms with Crippen LogP contribution in [0, 0.1) is 0 Å². The Morgan fingerprint density at radius 2 is 2.00 bits per heavy atom. The van der Waals surface area contributed by atoms with E-state index in [0.29, 0.717) is 12.2 Å². The molecule has 2 aliphatic rings. The van der Waals surface area contributed by atoms with Crippen LogP contribution >= 0.6 is 36.2 Å². The maximum Gasteiger partial charge on any atom is 0.270 e. The van der Waals surface area contributed by atoms with Crippen molar-refractivity contribution in [3.63, 3.8) is 0 Å². The third kappa shape index (κ3) is 5.24. The maximum atomic E-state index is 12.3. The van der Waals surface area contributed by atoms with Crippen LogP contribution in [0.4, 0.5) is 0 Å². The van der Waals surface area contributed by atoms with E-state index in [-0.39, 0.29) is 37.5 Å². The third-order valence-electron chi connectivity index (χ3n) is 4.28. The summed E-state index contributed by atoms with van der Waals surface area (Å²) in [5, 5.41) is 8.86. The Bertz CT molecular complexity index is 768. The van der Waals surface area contributed by atoms with Gasteiger partial charge in [-0.2, -0.15) is 0 Å². The van der Waals surface area contributed by atoms with Gasteiger partial charge in [0.1, 0.15) is 10.7 Å². The number of fused-ring (bicyclic) bond motifs is 1. The van der Waals surface area contributed by atoms with Crippen molar-refractivity contribution in [3.05, 3.63) is 29.3 Å². The fraction of sp³-hybridized carbons (Fsp3) is 0.412. The third-order valence-corrected chi connectivity index (χ3v) is 5.17. The number of amides is 1. The van der Waals surface area contributed by atoms with E-state index in [1.54, 1.807) is 5.38 Å². The topological polar surface area (TPSA) is 75.7 Å². The van der Waals surface area contributed by atoms with Gasteiger partial charge in [-0.25, -0.2) is 4.98 Å². The Morgan fingerprint density at radius 3 is 2.81 bits per heavy atom. The lowest BCUT2D eigenvalue weighted by molar-refractivity contribution is 0.0943. The van der Waals surface area contributed by atoms with Gasteiger partial charge in [-0.05, 0) is 18.2 Å². The molecule has 2 aliphatic heterocycles. The van der Waals surface area contributed by atoms with Crippen molar-refractivity contribution in [2.24, 2.45) is 0 Å². The zero-order valence-corrected chi connectivity index (χ0v) is 17.1. The minimum Gasteiger partial charge on any atom is -0.454 e. The van der Waals surface area contributed by atoms with Crippen molar-refractivity contribution in [1.82, 2.24) is 20.5 Å². The van der Waals surface area contributed by atoms with Gasteiger partial charge in [-0.1, -0.05) is 0 Å². The van der Waals surface area contributed by atoms with Gasteiger partial charge in [0.05, 0.1) is 0 Å². The molecule has 7 nitrogen and oxygen atoms in total. The van der Waals surface area contributed by atoms with Gasteiger partial charge in [0.15, 0.2) is 11.5 Å². The number of hydrogen-bond donors (Lipinski definition) is 2. The number of carbonyl (C=O) groups is 1. The quantitative estimate of drug-likeness (QED) is 0.752. The molecule has 2 N–H and O–H groups in total. The number of hydrogen-bond acceptors (Lipinski definition) is 7. The molecule has 0 spiro atoms. The zero-order valence-electron chi connectivity index (χ0n) is 14.6. The largest absolute Gasteiger partial charge is 0.454 e. The highest BCUT2D eigenvalue weighted by atomic mass is 35.5. The first-order valence-corrected chi connectivity index (χ1v) is 9.24. The highest BCUT2D eigenvalue weighted by Crippen LogP contribution is 2.36. The molecule has 0 aliphatic carbocycles. The summed E-state index contributed by atoms with van der Waals surface area (Å²) in [5.74, 6) is 1.33. The Morgan fingerprint density at radius 1 is 1.22 bits per heavy atom.